The average molecular weight is 320 g/mol. The first-order valence-electron chi connectivity index (χ1n) is 6.31. The van der Waals surface area contributed by atoms with Crippen LogP contribution in [0.2, 0.25) is 0 Å². The number of rotatable bonds is 3. The third-order valence-corrected chi connectivity index (χ3v) is 3.56. The largest absolute Gasteiger partial charge is 0.457 e. The number of benzene rings is 2. The Morgan fingerprint density at radius 2 is 1.84 bits per heavy atom. The van der Waals surface area contributed by atoms with Crippen molar-refractivity contribution in [2.45, 2.75) is 26.7 Å². The number of nitrogens with two attached hydrogens (primary N) is 1. The zero-order valence-electron chi connectivity index (χ0n) is 11.4. The molecule has 3 heteroatoms. The molecule has 0 fully saturated rings. The van der Waals surface area contributed by atoms with Crippen molar-refractivity contribution in [3.63, 3.8) is 0 Å². The normalized spacial score (nSPS) is 10.8. The Kier molecular flexibility index (Phi) is 4.15. The van der Waals surface area contributed by atoms with Gasteiger partial charge in [-0.05, 0) is 60.4 Å². The number of anilines is 1. The summed E-state index contributed by atoms with van der Waals surface area (Å²) < 4.78 is 7.05. The molecule has 0 amide bonds. The molecule has 0 heterocycles. The molecule has 0 aliphatic carbocycles. The highest BCUT2D eigenvalue weighted by molar-refractivity contribution is 9.10. The van der Waals surface area contributed by atoms with E-state index in [1.807, 2.05) is 37.3 Å². The van der Waals surface area contributed by atoms with Crippen molar-refractivity contribution < 1.29 is 4.74 Å². The number of hydrogen-bond donors (Lipinski definition) is 1. The van der Waals surface area contributed by atoms with E-state index in [4.69, 9.17) is 10.5 Å². The number of hydrogen-bond acceptors (Lipinski definition) is 2. The summed E-state index contributed by atoms with van der Waals surface area (Å²) in [5, 5.41) is 0. The van der Waals surface area contributed by atoms with E-state index < -0.39 is 0 Å². The first-order valence-corrected chi connectivity index (χ1v) is 7.10. The summed E-state index contributed by atoms with van der Waals surface area (Å²) in [5.74, 6) is 2.11. The van der Waals surface area contributed by atoms with Crippen molar-refractivity contribution in [1.82, 2.24) is 0 Å². The Balaban J connectivity index is 2.35. The first kappa shape index (κ1) is 13.9. The summed E-state index contributed by atoms with van der Waals surface area (Å²) in [4.78, 5) is 0. The maximum Gasteiger partial charge on any atom is 0.130 e. The Morgan fingerprint density at radius 1 is 1.11 bits per heavy atom. The molecule has 100 valence electrons. The summed E-state index contributed by atoms with van der Waals surface area (Å²) in [6, 6.07) is 11.8. The molecule has 2 aromatic rings. The third kappa shape index (κ3) is 3.29. The number of nitrogen functional groups attached to an aromatic ring is 1. The third-order valence-electron chi connectivity index (χ3n) is 3.06. The van der Waals surface area contributed by atoms with E-state index in [1.165, 1.54) is 5.56 Å². The highest BCUT2D eigenvalue weighted by Gasteiger charge is 2.10. The summed E-state index contributed by atoms with van der Waals surface area (Å²) >= 11 is 3.50. The van der Waals surface area contributed by atoms with Crippen LogP contribution in [-0.2, 0) is 0 Å². The van der Waals surface area contributed by atoms with E-state index in [1.54, 1.807) is 0 Å². The van der Waals surface area contributed by atoms with E-state index in [9.17, 15) is 0 Å². The van der Waals surface area contributed by atoms with Crippen molar-refractivity contribution in [1.29, 1.82) is 0 Å². The lowest BCUT2D eigenvalue weighted by Crippen LogP contribution is -1.95. The molecular weight excluding hydrogens is 302 g/mol. The molecule has 2 rings (SSSR count). The van der Waals surface area contributed by atoms with Crippen LogP contribution < -0.4 is 10.5 Å². The van der Waals surface area contributed by atoms with Crippen LogP contribution in [0.1, 0.15) is 30.9 Å². The highest BCUT2D eigenvalue weighted by atomic mass is 79.9. The highest BCUT2D eigenvalue weighted by Crippen LogP contribution is 2.33. The minimum atomic E-state index is 0.405. The van der Waals surface area contributed by atoms with Gasteiger partial charge in [0.2, 0.25) is 0 Å². The van der Waals surface area contributed by atoms with Crippen LogP contribution in [0, 0.1) is 6.92 Å². The van der Waals surface area contributed by atoms with Crippen molar-refractivity contribution in [3.05, 3.63) is 52.0 Å². The zero-order chi connectivity index (χ0) is 14.0. The van der Waals surface area contributed by atoms with E-state index in [0.717, 1.165) is 27.2 Å². The number of ether oxygens (including phenoxy) is 1. The van der Waals surface area contributed by atoms with Gasteiger partial charge < -0.3 is 10.5 Å². The van der Waals surface area contributed by atoms with Gasteiger partial charge >= 0.3 is 0 Å². The fraction of sp³-hybridized carbons (Fsp3) is 0.250. The summed E-state index contributed by atoms with van der Waals surface area (Å²) in [6.07, 6.45) is 0. The van der Waals surface area contributed by atoms with Gasteiger partial charge in [-0.15, -0.1) is 0 Å². The van der Waals surface area contributed by atoms with Crippen molar-refractivity contribution >= 4 is 21.6 Å². The smallest absolute Gasteiger partial charge is 0.130 e. The fourth-order valence-corrected chi connectivity index (χ4v) is 2.28. The van der Waals surface area contributed by atoms with Gasteiger partial charge in [0, 0.05) is 10.2 Å². The molecule has 2 nitrogen and oxygen atoms in total. The molecule has 0 aliphatic rings. The van der Waals surface area contributed by atoms with Crippen LogP contribution in [0.25, 0.3) is 0 Å². The van der Waals surface area contributed by atoms with Crippen molar-refractivity contribution in [2.75, 3.05) is 5.73 Å². The molecule has 0 spiro atoms. The summed E-state index contributed by atoms with van der Waals surface area (Å²) in [7, 11) is 0. The second-order valence-electron chi connectivity index (χ2n) is 4.96. The topological polar surface area (TPSA) is 35.2 Å². The van der Waals surface area contributed by atoms with Crippen LogP contribution >= 0.6 is 15.9 Å². The van der Waals surface area contributed by atoms with Gasteiger partial charge in [-0.3, -0.25) is 0 Å². The lowest BCUT2D eigenvalue weighted by atomic mass is 10.0. The second-order valence-corrected chi connectivity index (χ2v) is 5.87. The molecule has 0 aliphatic heterocycles. The van der Waals surface area contributed by atoms with Crippen LogP contribution in [0.4, 0.5) is 5.69 Å². The minimum absolute atomic E-state index is 0.405. The molecule has 0 saturated heterocycles. The van der Waals surface area contributed by atoms with Gasteiger partial charge in [-0.1, -0.05) is 29.8 Å². The summed E-state index contributed by atoms with van der Waals surface area (Å²) in [5.41, 5.74) is 8.82. The van der Waals surface area contributed by atoms with Crippen molar-refractivity contribution in [2.24, 2.45) is 0 Å². The van der Waals surface area contributed by atoms with Crippen LogP contribution in [0.3, 0.4) is 0 Å². The molecule has 0 bridgehead atoms. The maximum absolute atomic E-state index is 5.99. The van der Waals surface area contributed by atoms with Gasteiger partial charge in [-0.2, -0.15) is 0 Å². The van der Waals surface area contributed by atoms with E-state index >= 15 is 0 Å². The predicted octanol–water partition coefficient (Wildman–Crippen LogP) is 5.26. The van der Waals surface area contributed by atoms with Gasteiger partial charge in [0.1, 0.15) is 11.5 Å². The molecule has 19 heavy (non-hydrogen) atoms. The fourth-order valence-electron chi connectivity index (χ4n) is 1.90. The van der Waals surface area contributed by atoms with E-state index in [2.05, 4.69) is 35.8 Å². The van der Waals surface area contributed by atoms with Gasteiger partial charge in [0.15, 0.2) is 0 Å². The van der Waals surface area contributed by atoms with E-state index in [-0.39, 0.29) is 0 Å². The van der Waals surface area contributed by atoms with Crippen LogP contribution in [0.5, 0.6) is 11.5 Å². The first-order chi connectivity index (χ1) is 8.97. The maximum atomic E-state index is 5.99. The van der Waals surface area contributed by atoms with Crippen molar-refractivity contribution in [3.8, 4) is 11.5 Å². The molecule has 0 aromatic heterocycles. The zero-order valence-corrected chi connectivity index (χ0v) is 13.0. The molecule has 0 atom stereocenters. The Hall–Kier alpha value is -1.48. The monoisotopic (exact) mass is 319 g/mol. The SMILES string of the molecule is Cc1cc(Oc2ccc(Br)cc2C(C)C)ccc1N. The minimum Gasteiger partial charge on any atom is -0.457 e. The van der Waals surface area contributed by atoms with Crippen LogP contribution in [-0.4, -0.2) is 0 Å². The predicted molar refractivity (Wildman–Crippen MR) is 83.9 cm³/mol. The summed E-state index contributed by atoms with van der Waals surface area (Å²) in [6.45, 7) is 6.29. The second kappa shape index (κ2) is 5.66. The average Bonchev–Trinajstić information content (AvgIpc) is 2.36. The van der Waals surface area contributed by atoms with E-state index in [0.29, 0.717) is 5.92 Å². The van der Waals surface area contributed by atoms with Gasteiger partial charge in [-0.25, -0.2) is 0 Å². The Labute approximate surface area is 122 Å². The van der Waals surface area contributed by atoms with Gasteiger partial charge in [0.05, 0.1) is 0 Å². The quantitative estimate of drug-likeness (QED) is 0.783. The standard InChI is InChI=1S/C16H18BrNO/c1-10(2)14-9-12(17)4-7-16(14)19-13-5-6-15(18)11(3)8-13/h4-10H,18H2,1-3H3. The molecule has 0 saturated carbocycles. The molecule has 0 unspecified atom stereocenters. The Morgan fingerprint density at radius 3 is 2.47 bits per heavy atom. The Bertz CT molecular complexity index is 593. The molecular formula is C16H18BrNO. The molecule has 2 aromatic carbocycles. The number of aryl methyl sites for hydroxylation is 1. The lowest BCUT2D eigenvalue weighted by Gasteiger charge is -2.15. The van der Waals surface area contributed by atoms with Crippen LogP contribution in [0.15, 0.2) is 40.9 Å². The number of halogens is 1. The lowest BCUT2D eigenvalue weighted by molar-refractivity contribution is 0.472. The van der Waals surface area contributed by atoms with Gasteiger partial charge in [0.25, 0.3) is 0 Å². The molecule has 0 radical (unpaired) electrons. The molecule has 2 N–H and O–H groups in total.